The number of halogens is 3. The van der Waals surface area contributed by atoms with Gasteiger partial charge in [0.05, 0.1) is 5.56 Å². The van der Waals surface area contributed by atoms with Crippen LogP contribution in [-0.4, -0.2) is 33.5 Å². The van der Waals surface area contributed by atoms with Crippen molar-refractivity contribution in [2.45, 2.75) is 45.1 Å². The highest BCUT2D eigenvalue weighted by molar-refractivity contribution is 5.73. The summed E-state index contributed by atoms with van der Waals surface area (Å²) >= 11 is 0. The van der Waals surface area contributed by atoms with Gasteiger partial charge in [-0.2, -0.15) is 13.2 Å². The average Bonchev–Trinajstić information content (AvgIpc) is 3.38. The van der Waals surface area contributed by atoms with Crippen LogP contribution in [0.3, 0.4) is 0 Å². The van der Waals surface area contributed by atoms with Gasteiger partial charge in [-0.05, 0) is 68.3 Å². The van der Waals surface area contributed by atoms with Crippen LogP contribution in [0.15, 0.2) is 52.9 Å². The van der Waals surface area contributed by atoms with Gasteiger partial charge in [-0.15, -0.1) is 0 Å². The van der Waals surface area contributed by atoms with Crippen molar-refractivity contribution >= 4 is 5.97 Å². The van der Waals surface area contributed by atoms with E-state index in [1.807, 2.05) is 23.1 Å². The molecule has 33 heavy (non-hydrogen) atoms. The summed E-state index contributed by atoms with van der Waals surface area (Å²) in [6, 6.07) is 11.6. The Hall–Kier alpha value is -3.33. The van der Waals surface area contributed by atoms with Crippen LogP contribution in [0.2, 0.25) is 0 Å². The van der Waals surface area contributed by atoms with Crippen molar-refractivity contribution in [2.75, 3.05) is 6.54 Å². The lowest BCUT2D eigenvalue weighted by Crippen LogP contribution is -2.35. The molecule has 0 aliphatic carbocycles. The fourth-order valence-electron chi connectivity index (χ4n) is 3.90. The lowest BCUT2D eigenvalue weighted by atomic mass is 10.1. The molecule has 1 aliphatic heterocycles. The maximum atomic E-state index is 12.8. The number of hydrogen-bond donors (Lipinski definition) is 1. The molecular weight excluding hydrogens is 437 g/mol. The molecule has 174 valence electrons. The van der Waals surface area contributed by atoms with Gasteiger partial charge in [-0.1, -0.05) is 12.1 Å². The van der Waals surface area contributed by atoms with Crippen molar-refractivity contribution in [1.29, 1.82) is 0 Å². The van der Waals surface area contributed by atoms with E-state index in [0.717, 1.165) is 30.7 Å². The van der Waals surface area contributed by atoms with Crippen molar-refractivity contribution in [3.63, 3.8) is 0 Å². The number of aliphatic carboxylic acids is 1. The van der Waals surface area contributed by atoms with Gasteiger partial charge in [0.2, 0.25) is 5.89 Å². The predicted octanol–water partition coefficient (Wildman–Crippen LogP) is 5.30. The van der Waals surface area contributed by atoms with E-state index in [9.17, 15) is 23.1 Å². The number of aromatic nitrogens is 1. The van der Waals surface area contributed by atoms with Gasteiger partial charge in [0.1, 0.15) is 29.9 Å². The van der Waals surface area contributed by atoms with E-state index in [0.29, 0.717) is 35.7 Å². The number of alkyl halides is 3. The summed E-state index contributed by atoms with van der Waals surface area (Å²) in [6.45, 7) is 3.11. The Morgan fingerprint density at radius 2 is 2.00 bits per heavy atom. The quantitative estimate of drug-likeness (QED) is 0.516. The largest absolute Gasteiger partial charge is 0.487 e. The summed E-state index contributed by atoms with van der Waals surface area (Å²) in [5.74, 6) is 0.548. The molecule has 1 atom stereocenters. The van der Waals surface area contributed by atoms with Crippen LogP contribution in [0.25, 0.3) is 11.5 Å². The van der Waals surface area contributed by atoms with Crippen molar-refractivity contribution in [1.82, 2.24) is 9.88 Å². The molecular formula is C24H23F3N2O4. The Labute approximate surface area is 188 Å². The fourth-order valence-corrected chi connectivity index (χ4v) is 3.90. The van der Waals surface area contributed by atoms with E-state index in [1.165, 1.54) is 12.1 Å². The van der Waals surface area contributed by atoms with Crippen LogP contribution >= 0.6 is 0 Å². The first-order valence-electron chi connectivity index (χ1n) is 10.5. The van der Waals surface area contributed by atoms with Gasteiger partial charge in [-0.3, -0.25) is 9.69 Å². The Morgan fingerprint density at radius 3 is 2.70 bits per heavy atom. The monoisotopic (exact) mass is 460 g/mol. The summed E-state index contributed by atoms with van der Waals surface area (Å²) in [7, 11) is 0. The number of carboxylic acids is 1. The van der Waals surface area contributed by atoms with Crippen molar-refractivity contribution in [3.05, 3.63) is 71.1 Å². The third-order valence-corrected chi connectivity index (χ3v) is 5.66. The predicted molar refractivity (Wildman–Crippen MR) is 114 cm³/mol. The third-order valence-electron chi connectivity index (χ3n) is 5.66. The topological polar surface area (TPSA) is 75.8 Å². The number of rotatable bonds is 7. The minimum absolute atomic E-state index is 0.126. The number of benzene rings is 2. The molecule has 1 fully saturated rings. The molecule has 0 radical (unpaired) electrons. The van der Waals surface area contributed by atoms with E-state index in [4.69, 9.17) is 9.15 Å². The summed E-state index contributed by atoms with van der Waals surface area (Å²) in [5, 5.41) is 9.35. The molecule has 3 aromatic rings. The molecule has 9 heteroatoms. The summed E-state index contributed by atoms with van der Waals surface area (Å²) in [5.41, 5.74) is 1.20. The zero-order valence-electron chi connectivity index (χ0n) is 17.9. The molecule has 1 aromatic heterocycles. The highest BCUT2D eigenvalue weighted by Crippen LogP contribution is 2.31. The Bertz CT molecular complexity index is 1130. The van der Waals surface area contributed by atoms with Crippen molar-refractivity contribution in [2.24, 2.45) is 0 Å². The number of ether oxygens (including phenoxy) is 1. The average molecular weight is 460 g/mol. The number of likely N-dealkylation sites (tertiary alicyclic amines) is 1. The number of oxazole rings is 1. The van der Waals surface area contributed by atoms with Crippen LogP contribution in [0.4, 0.5) is 13.2 Å². The Balaban J connectivity index is 1.41. The molecule has 4 rings (SSSR count). The first-order chi connectivity index (χ1) is 15.7. The highest BCUT2D eigenvalue weighted by atomic mass is 19.4. The molecule has 2 heterocycles. The number of aryl methyl sites for hydroxylation is 1. The van der Waals surface area contributed by atoms with E-state index >= 15 is 0 Å². The van der Waals surface area contributed by atoms with Crippen molar-refractivity contribution < 1.29 is 32.2 Å². The van der Waals surface area contributed by atoms with Gasteiger partial charge >= 0.3 is 12.1 Å². The molecule has 1 N–H and O–H groups in total. The molecule has 1 aliphatic rings. The molecule has 0 saturated carbocycles. The standard InChI is InChI=1S/C24H23F3N2O4/c1-15-20(28-22(33-15)17-7-9-18(10-8-17)24(25,26)27)14-32-19-5-2-4-16(12-19)13-29-11-3-6-21(29)23(30)31/h2,4-5,7-10,12,21H,3,6,11,13-14H2,1H3,(H,30,31)/t21-/m0/s1. The minimum Gasteiger partial charge on any atom is -0.487 e. The smallest absolute Gasteiger partial charge is 0.416 e. The maximum absolute atomic E-state index is 12.8. The number of carbonyl (C=O) groups is 1. The van der Waals surface area contributed by atoms with Crippen LogP contribution in [0.1, 0.15) is 35.4 Å². The number of hydrogen-bond acceptors (Lipinski definition) is 5. The van der Waals surface area contributed by atoms with Crippen LogP contribution in [0, 0.1) is 6.92 Å². The molecule has 1 saturated heterocycles. The summed E-state index contributed by atoms with van der Waals surface area (Å²) in [4.78, 5) is 17.7. The molecule has 0 amide bonds. The number of nitrogens with zero attached hydrogens (tertiary/aromatic N) is 2. The van der Waals surface area contributed by atoms with Gasteiger partial charge in [0.25, 0.3) is 0 Å². The van der Waals surface area contributed by atoms with E-state index in [2.05, 4.69) is 4.98 Å². The second-order valence-corrected chi connectivity index (χ2v) is 8.00. The van der Waals surface area contributed by atoms with Gasteiger partial charge in [0.15, 0.2) is 0 Å². The first kappa shape index (κ1) is 22.8. The SMILES string of the molecule is Cc1oc(-c2ccc(C(F)(F)F)cc2)nc1COc1cccc(CN2CCC[C@H]2C(=O)O)c1. The summed E-state index contributed by atoms with van der Waals surface area (Å²) in [6.07, 6.45) is -2.89. The van der Waals surface area contributed by atoms with E-state index < -0.39 is 23.8 Å². The van der Waals surface area contributed by atoms with Crippen molar-refractivity contribution in [3.8, 4) is 17.2 Å². The lowest BCUT2D eigenvalue weighted by molar-refractivity contribution is -0.142. The fraction of sp³-hybridized carbons (Fsp3) is 0.333. The highest BCUT2D eigenvalue weighted by Gasteiger charge is 2.31. The summed E-state index contributed by atoms with van der Waals surface area (Å²) < 4.78 is 49.8. The van der Waals surface area contributed by atoms with Gasteiger partial charge in [-0.25, -0.2) is 4.98 Å². The minimum atomic E-state index is -4.40. The lowest BCUT2D eigenvalue weighted by Gasteiger charge is -2.21. The molecule has 0 spiro atoms. The van der Waals surface area contributed by atoms with Gasteiger partial charge < -0.3 is 14.3 Å². The first-order valence-corrected chi connectivity index (χ1v) is 10.5. The van der Waals surface area contributed by atoms with Crippen LogP contribution in [-0.2, 0) is 24.1 Å². The normalized spacial score (nSPS) is 16.8. The van der Waals surface area contributed by atoms with Crippen LogP contribution in [0.5, 0.6) is 5.75 Å². The second kappa shape index (κ2) is 9.27. The van der Waals surface area contributed by atoms with E-state index in [1.54, 1.807) is 13.0 Å². The Kier molecular flexibility index (Phi) is 6.42. The zero-order chi connectivity index (χ0) is 23.6. The van der Waals surface area contributed by atoms with E-state index in [-0.39, 0.29) is 12.5 Å². The zero-order valence-corrected chi connectivity index (χ0v) is 17.9. The third kappa shape index (κ3) is 5.36. The Morgan fingerprint density at radius 1 is 1.24 bits per heavy atom. The molecule has 2 aromatic carbocycles. The van der Waals surface area contributed by atoms with Crippen LogP contribution < -0.4 is 4.74 Å². The number of carboxylic acid groups (broad SMARTS) is 1. The second-order valence-electron chi connectivity index (χ2n) is 8.00. The molecule has 0 bridgehead atoms. The maximum Gasteiger partial charge on any atom is 0.416 e. The molecule has 0 unspecified atom stereocenters. The van der Waals surface area contributed by atoms with Gasteiger partial charge in [0, 0.05) is 12.1 Å². The molecule has 6 nitrogen and oxygen atoms in total.